The summed E-state index contributed by atoms with van der Waals surface area (Å²) in [6.45, 7) is 10.6. The van der Waals surface area contributed by atoms with Crippen LogP contribution in [-0.4, -0.2) is 50.5 Å². The summed E-state index contributed by atoms with van der Waals surface area (Å²) < 4.78 is 0. The maximum absolute atomic E-state index is 12.8. The lowest BCUT2D eigenvalue weighted by molar-refractivity contribution is -0.225. The molecule has 0 aromatic rings. The summed E-state index contributed by atoms with van der Waals surface area (Å²) in [6, 6.07) is 0. The van der Waals surface area contributed by atoms with E-state index in [-0.39, 0.29) is 34.5 Å². The SMILES string of the molecule is CC1(C)CC[C@@]2(C(=O)O)CCC3=C([C@H](CCl)C[C@H]4[C@]5(C)C[C@@H](O)[C@@H](O)[C@](C)(C(=O)O)[C@H]5CC[C@]34C)[C@H]2C1. The second-order valence-electron chi connectivity index (χ2n) is 14.8. The van der Waals surface area contributed by atoms with Crippen molar-refractivity contribution in [3.8, 4) is 0 Å². The Hall–Kier alpha value is -1.11. The van der Waals surface area contributed by atoms with Gasteiger partial charge >= 0.3 is 11.9 Å². The molecule has 37 heavy (non-hydrogen) atoms. The van der Waals surface area contributed by atoms with Gasteiger partial charge in [0.15, 0.2) is 0 Å². The van der Waals surface area contributed by atoms with Crippen LogP contribution in [0.3, 0.4) is 0 Å². The smallest absolute Gasteiger partial charge is 0.312 e. The molecule has 6 nitrogen and oxygen atoms in total. The Bertz CT molecular complexity index is 1040. The van der Waals surface area contributed by atoms with E-state index in [2.05, 4.69) is 27.7 Å². The fourth-order valence-corrected chi connectivity index (χ4v) is 10.9. The predicted molar refractivity (Wildman–Crippen MR) is 141 cm³/mol. The molecule has 0 amide bonds. The minimum atomic E-state index is -1.42. The second-order valence-corrected chi connectivity index (χ2v) is 15.1. The van der Waals surface area contributed by atoms with E-state index in [1.807, 2.05) is 0 Å². The maximum Gasteiger partial charge on any atom is 0.312 e. The number of carbonyl (C=O) groups is 2. The summed E-state index contributed by atoms with van der Waals surface area (Å²) in [4.78, 5) is 25.4. The predicted octanol–water partition coefficient (Wildman–Crippen LogP) is 5.49. The van der Waals surface area contributed by atoms with Gasteiger partial charge in [0.1, 0.15) is 0 Å². The first-order valence-electron chi connectivity index (χ1n) is 14.2. The van der Waals surface area contributed by atoms with Crippen molar-refractivity contribution in [2.75, 3.05) is 5.88 Å². The van der Waals surface area contributed by atoms with Crippen LogP contribution in [0, 0.1) is 50.7 Å². The number of carboxylic acids is 2. The Morgan fingerprint density at radius 1 is 0.919 bits per heavy atom. The normalized spacial score (nSPS) is 50.8. The van der Waals surface area contributed by atoms with Crippen molar-refractivity contribution in [1.82, 2.24) is 0 Å². The Labute approximate surface area is 225 Å². The highest BCUT2D eigenvalue weighted by Crippen LogP contribution is 2.72. The van der Waals surface area contributed by atoms with Crippen molar-refractivity contribution in [2.24, 2.45) is 50.7 Å². The molecule has 10 atom stereocenters. The maximum atomic E-state index is 12.8. The molecule has 0 bridgehead atoms. The molecule has 0 unspecified atom stereocenters. The third kappa shape index (κ3) is 3.50. The number of aliphatic hydroxyl groups excluding tert-OH is 2. The van der Waals surface area contributed by atoms with E-state index in [4.69, 9.17) is 11.6 Å². The van der Waals surface area contributed by atoms with E-state index in [1.165, 1.54) is 11.1 Å². The van der Waals surface area contributed by atoms with Crippen LogP contribution in [0.4, 0.5) is 0 Å². The number of hydrogen-bond acceptors (Lipinski definition) is 4. The largest absolute Gasteiger partial charge is 0.481 e. The zero-order valence-corrected chi connectivity index (χ0v) is 23.8. The highest BCUT2D eigenvalue weighted by Gasteiger charge is 2.69. The van der Waals surface area contributed by atoms with Gasteiger partial charge in [-0.3, -0.25) is 9.59 Å². The molecule has 0 aromatic heterocycles. The number of alkyl halides is 1. The van der Waals surface area contributed by atoms with Crippen LogP contribution in [0.25, 0.3) is 0 Å². The van der Waals surface area contributed by atoms with Crippen molar-refractivity contribution in [2.45, 2.75) is 105 Å². The van der Waals surface area contributed by atoms with E-state index in [9.17, 15) is 30.0 Å². The highest BCUT2D eigenvalue weighted by atomic mass is 35.5. The summed E-state index contributed by atoms with van der Waals surface area (Å²) in [5, 5.41) is 42.7. The van der Waals surface area contributed by atoms with Gasteiger partial charge in [0.2, 0.25) is 0 Å². The quantitative estimate of drug-likeness (QED) is 0.280. The van der Waals surface area contributed by atoms with E-state index < -0.39 is 40.4 Å². The number of hydrogen-bond donors (Lipinski definition) is 4. The molecule has 0 saturated heterocycles. The van der Waals surface area contributed by atoms with Crippen molar-refractivity contribution < 1.29 is 30.0 Å². The van der Waals surface area contributed by atoms with Crippen LogP contribution in [-0.2, 0) is 9.59 Å². The molecular formula is C30H45ClO6. The average Bonchev–Trinajstić information content (AvgIpc) is 2.81. The van der Waals surface area contributed by atoms with E-state index >= 15 is 0 Å². The molecule has 7 heteroatoms. The molecule has 5 rings (SSSR count). The Kier molecular flexibility index (Phi) is 6.27. The van der Waals surface area contributed by atoms with Crippen molar-refractivity contribution in [3.05, 3.63) is 11.1 Å². The van der Waals surface area contributed by atoms with Crippen LogP contribution in [0.1, 0.15) is 92.4 Å². The third-order valence-electron chi connectivity index (χ3n) is 12.6. The lowest BCUT2D eigenvalue weighted by Crippen LogP contribution is -2.67. The van der Waals surface area contributed by atoms with Gasteiger partial charge in [-0.2, -0.15) is 0 Å². The van der Waals surface area contributed by atoms with E-state index in [1.54, 1.807) is 6.92 Å². The lowest BCUT2D eigenvalue weighted by Gasteiger charge is -2.67. The van der Waals surface area contributed by atoms with Gasteiger partial charge < -0.3 is 20.4 Å². The zero-order valence-electron chi connectivity index (χ0n) is 23.0. The first kappa shape index (κ1) is 27.5. The highest BCUT2D eigenvalue weighted by molar-refractivity contribution is 6.18. The van der Waals surface area contributed by atoms with Crippen LogP contribution in [0.2, 0.25) is 0 Å². The Morgan fingerprint density at radius 2 is 1.59 bits per heavy atom. The first-order valence-corrected chi connectivity index (χ1v) is 14.7. The average molecular weight is 537 g/mol. The monoisotopic (exact) mass is 536 g/mol. The van der Waals surface area contributed by atoms with Gasteiger partial charge in [-0.15, -0.1) is 11.6 Å². The summed E-state index contributed by atoms with van der Waals surface area (Å²) in [5.41, 5.74) is -0.0655. The molecule has 3 saturated carbocycles. The molecule has 5 aliphatic carbocycles. The van der Waals surface area contributed by atoms with Crippen LogP contribution >= 0.6 is 11.6 Å². The van der Waals surface area contributed by atoms with Crippen LogP contribution < -0.4 is 0 Å². The topological polar surface area (TPSA) is 115 Å². The van der Waals surface area contributed by atoms with Crippen molar-refractivity contribution in [3.63, 3.8) is 0 Å². The molecule has 208 valence electrons. The summed E-state index contributed by atoms with van der Waals surface area (Å²) in [7, 11) is 0. The molecule has 0 heterocycles. The number of halogens is 1. The molecule has 5 aliphatic rings. The molecule has 0 spiro atoms. The number of aliphatic carboxylic acids is 2. The summed E-state index contributed by atoms with van der Waals surface area (Å²) >= 11 is 6.72. The van der Waals surface area contributed by atoms with E-state index in [0.717, 1.165) is 32.1 Å². The number of carboxylic acid groups (broad SMARTS) is 2. The van der Waals surface area contributed by atoms with E-state index in [0.29, 0.717) is 31.6 Å². The zero-order chi connectivity index (χ0) is 27.3. The molecule has 4 N–H and O–H groups in total. The standard InChI is InChI=1S/C30H45ClO6/c1-26(2)10-11-30(25(36)37)9-6-17-22(18(30)13-26)16(15-31)12-21-27(17,3)8-7-20-28(21,4)14-19(32)23(33)29(20,5)24(34)35/h16,18-21,23,32-33H,6-15H2,1-5H3,(H,34,35)(H,36,37)/t16-,18+,19+,20-,21+,23+,27+,28+,29+,30-/m0/s1. The van der Waals surface area contributed by atoms with Crippen molar-refractivity contribution in [1.29, 1.82) is 0 Å². The molecular weight excluding hydrogens is 492 g/mol. The van der Waals surface area contributed by atoms with Gasteiger partial charge in [-0.25, -0.2) is 0 Å². The minimum Gasteiger partial charge on any atom is -0.481 e. The number of rotatable bonds is 3. The summed E-state index contributed by atoms with van der Waals surface area (Å²) in [5.74, 6) is -1.43. The Morgan fingerprint density at radius 3 is 2.19 bits per heavy atom. The van der Waals surface area contributed by atoms with Gasteiger partial charge in [0, 0.05) is 5.88 Å². The van der Waals surface area contributed by atoms with Crippen LogP contribution in [0.15, 0.2) is 11.1 Å². The molecule has 3 fully saturated rings. The second kappa shape index (κ2) is 8.44. The Balaban J connectivity index is 1.65. The molecule has 0 radical (unpaired) electrons. The minimum absolute atomic E-state index is 0.0207. The number of fused-ring (bicyclic) bond motifs is 6. The van der Waals surface area contributed by atoms with Crippen LogP contribution in [0.5, 0.6) is 0 Å². The number of aliphatic hydroxyl groups is 2. The molecule has 0 aliphatic heterocycles. The first-order chi connectivity index (χ1) is 17.1. The fourth-order valence-electron chi connectivity index (χ4n) is 10.6. The van der Waals surface area contributed by atoms with Gasteiger partial charge in [0.05, 0.1) is 23.0 Å². The third-order valence-corrected chi connectivity index (χ3v) is 13.0. The van der Waals surface area contributed by atoms with Gasteiger partial charge in [-0.05, 0) is 105 Å². The fraction of sp³-hybridized carbons (Fsp3) is 0.867. The van der Waals surface area contributed by atoms with Gasteiger partial charge in [0.25, 0.3) is 0 Å². The molecule has 0 aromatic carbocycles. The number of allylic oxidation sites excluding steroid dienone is 2. The summed E-state index contributed by atoms with van der Waals surface area (Å²) in [6.07, 6.45) is 4.09. The van der Waals surface area contributed by atoms with Crippen molar-refractivity contribution >= 4 is 23.5 Å². The van der Waals surface area contributed by atoms with Gasteiger partial charge in [-0.1, -0.05) is 38.8 Å². The lowest BCUT2D eigenvalue weighted by atomic mass is 9.37.